The SMILES string of the molecule is O=C(O)c1cccc(Cn2c(Cl)c(/C=N/NC(=O)c3ccccc3Cl)sc2=O)c1. The van der Waals surface area contributed by atoms with Gasteiger partial charge in [0.1, 0.15) is 5.15 Å². The molecule has 29 heavy (non-hydrogen) atoms. The minimum Gasteiger partial charge on any atom is -0.478 e. The maximum atomic E-state index is 12.3. The number of nitrogens with one attached hydrogen (secondary N) is 1. The van der Waals surface area contributed by atoms with E-state index in [2.05, 4.69) is 10.5 Å². The molecule has 0 spiro atoms. The second-order valence-corrected chi connectivity index (χ2v) is 7.55. The highest BCUT2D eigenvalue weighted by Crippen LogP contribution is 2.19. The molecule has 0 aliphatic rings. The number of benzene rings is 2. The van der Waals surface area contributed by atoms with Gasteiger partial charge in [0.25, 0.3) is 5.91 Å². The van der Waals surface area contributed by atoms with E-state index in [1.807, 2.05) is 0 Å². The Labute approximate surface area is 178 Å². The van der Waals surface area contributed by atoms with Crippen LogP contribution in [-0.4, -0.2) is 27.8 Å². The Morgan fingerprint density at radius 2 is 1.93 bits per heavy atom. The molecule has 0 aliphatic heterocycles. The van der Waals surface area contributed by atoms with Gasteiger partial charge in [0.2, 0.25) is 0 Å². The van der Waals surface area contributed by atoms with Gasteiger partial charge in [0.15, 0.2) is 0 Å². The van der Waals surface area contributed by atoms with Gasteiger partial charge in [-0.2, -0.15) is 5.10 Å². The van der Waals surface area contributed by atoms with E-state index in [1.165, 1.54) is 22.9 Å². The van der Waals surface area contributed by atoms with Crippen molar-refractivity contribution in [2.24, 2.45) is 5.10 Å². The number of carbonyl (C=O) groups excluding carboxylic acids is 1. The van der Waals surface area contributed by atoms with Crippen LogP contribution in [0.4, 0.5) is 0 Å². The highest BCUT2D eigenvalue weighted by Gasteiger charge is 2.13. The van der Waals surface area contributed by atoms with Crippen molar-refractivity contribution in [1.29, 1.82) is 0 Å². The second kappa shape index (κ2) is 9.04. The summed E-state index contributed by atoms with van der Waals surface area (Å²) in [5.74, 6) is -1.56. The lowest BCUT2D eigenvalue weighted by atomic mass is 10.1. The molecule has 0 saturated carbocycles. The van der Waals surface area contributed by atoms with E-state index in [4.69, 9.17) is 28.3 Å². The zero-order chi connectivity index (χ0) is 21.0. The van der Waals surface area contributed by atoms with Gasteiger partial charge in [-0.05, 0) is 29.8 Å². The number of aromatic carboxylic acids is 1. The molecule has 0 bridgehead atoms. The van der Waals surface area contributed by atoms with Crippen LogP contribution in [0.2, 0.25) is 10.2 Å². The Balaban J connectivity index is 1.76. The number of carbonyl (C=O) groups is 2. The van der Waals surface area contributed by atoms with E-state index in [9.17, 15) is 14.4 Å². The minimum atomic E-state index is -1.06. The quantitative estimate of drug-likeness (QED) is 0.442. The van der Waals surface area contributed by atoms with Crippen molar-refractivity contribution in [3.05, 3.63) is 89.9 Å². The third-order valence-corrected chi connectivity index (χ3v) is 5.60. The van der Waals surface area contributed by atoms with Gasteiger partial charge in [-0.15, -0.1) is 0 Å². The average molecular weight is 450 g/mol. The molecule has 0 saturated heterocycles. The summed E-state index contributed by atoms with van der Waals surface area (Å²) in [7, 11) is 0. The third kappa shape index (κ3) is 4.92. The van der Waals surface area contributed by atoms with Gasteiger partial charge in [-0.25, -0.2) is 10.2 Å². The number of nitrogens with zero attached hydrogens (tertiary/aromatic N) is 2. The first-order chi connectivity index (χ1) is 13.9. The smallest absolute Gasteiger partial charge is 0.335 e. The van der Waals surface area contributed by atoms with Gasteiger partial charge in [-0.3, -0.25) is 14.2 Å². The number of carboxylic acid groups (broad SMARTS) is 1. The number of thiazole rings is 1. The number of hydrogen-bond donors (Lipinski definition) is 2. The molecule has 0 unspecified atom stereocenters. The Bertz CT molecular complexity index is 1170. The van der Waals surface area contributed by atoms with Crippen molar-refractivity contribution in [3.8, 4) is 0 Å². The number of hydrogen-bond acceptors (Lipinski definition) is 5. The fourth-order valence-corrected chi connectivity index (χ4v) is 3.79. The molecular weight excluding hydrogens is 437 g/mol. The van der Waals surface area contributed by atoms with E-state index in [-0.39, 0.29) is 32.7 Å². The van der Waals surface area contributed by atoms with Crippen LogP contribution in [0.5, 0.6) is 0 Å². The monoisotopic (exact) mass is 449 g/mol. The van der Waals surface area contributed by atoms with Crippen LogP contribution in [0.3, 0.4) is 0 Å². The molecule has 0 radical (unpaired) electrons. The van der Waals surface area contributed by atoms with Gasteiger partial charge >= 0.3 is 10.8 Å². The Morgan fingerprint density at radius 1 is 1.17 bits per heavy atom. The van der Waals surface area contributed by atoms with Crippen molar-refractivity contribution < 1.29 is 14.7 Å². The standard InChI is InChI=1S/C19H13Cl2N3O4S/c20-14-7-2-1-6-13(14)17(25)23-22-9-15-16(21)24(19(28)29-15)10-11-4-3-5-12(8-11)18(26)27/h1-9H,10H2,(H,23,25)(H,26,27)/b22-9+. The fourth-order valence-electron chi connectivity index (χ4n) is 2.46. The summed E-state index contributed by atoms with van der Waals surface area (Å²) in [4.78, 5) is 35.5. The summed E-state index contributed by atoms with van der Waals surface area (Å²) in [5.41, 5.74) is 3.33. The lowest BCUT2D eigenvalue weighted by Gasteiger charge is -2.05. The first kappa shape index (κ1) is 20.8. The Hall–Kier alpha value is -2.94. The van der Waals surface area contributed by atoms with Crippen LogP contribution in [0, 0.1) is 0 Å². The summed E-state index contributed by atoms with van der Waals surface area (Å²) >= 11 is 13.1. The average Bonchev–Trinajstić information content (AvgIpc) is 2.96. The second-order valence-electron chi connectivity index (χ2n) is 5.79. The molecule has 2 aromatic carbocycles. The van der Waals surface area contributed by atoms with E-state index >= 15 is 0 Å². The lowest BCUT2D eigenvalue weighted by Crippen LogP contribution is -2.17. The van der Waals surface area contributed by atoms with Crippen LogP contribution in [0.25, 0.3) is 0 Å². The molecule has 0 fully saturated rings. The molecule has 10 heteroatoms. The normalized spacial score (nSPS) is 11.0. The molecule has 1 aromatic heterocycles. The molecule has 1 heterocycles. The summed E-state index contributed by atoms with van der Waals surface area (Å²) in [6.07, 6.45) is 1.27. The zero-order valence-corrected chi connectivity index (χ0v) is 17.0. The first-order valence-corrected chi connectivity index (χ1v) is 9.73. The maximum Gasteiger partial charge on any atom is 0.335 e. The number of halogens is 2. The van der Waals surface area contributed by atoms with Crippen LogP contribution < -0.4 is 10.3 Å². The van der Waals surface area contributed by atoms with Crippen molar-refractivity contribution in [2.75, 3.05) is 0 Å². The highest BCUT2D eigenvalue weighted by atomic mass is 35.5. The van der Waals surface area contributed by atoms with E-state index in [1.54, 1.807) is 36.4 Å². The van der Waals surface area contributed by atoms with Crippen molar-refractivity contribution in [2.45, 2.75) is 6.54 Å². The zero-order valence-electron chi connectivity index (χ0n) is 14.6. The Kier molecular flexibility index (Phi) is 6.48. The number of carboxylic acids is 1. The number of rotatable bonds is 6. The highest BCUT2D eigenvalue weighted by molar-refractivity contribution is 7.11. The molecule has 7 nitrogen and oxygen atoms in total. The van der Waals surface area contributed by atoms with Gasteiger partial charge in [0, 0.05) is 0 Å². The van der Waals surface area contributed by atoms with Crippen molar-refractivity contribution in [1.82, 2.24) is 9.99 Å². The third-order valence-electron chi connectivity index (χ3n) is 3.84. The van der Waals surface area contributed by atoms with Crippen LogP contribution >= 0.6 is 34.5 Å². The van der Waals surface area contributed by atoms with Gasteiger partial charge in [0.05, 0.1) is 33.8 Å². The summed E-state index contributed by atoms with van der Waals surface area (Å²) in [5, 5.41) is 13.3. The number of amides is 1. The van der Waals surface area contributed by atoms with Crippen LogP contribution in [0.15, 0.2) is 58.4 Å². The first-order valence-electron chi connectivity index (χ1n) is 8.16. The van der Waals surface area contributed by atoms with E-state index in [0.717, 1.165) is 11.3 Å². The molecule has 3 aromatic rings. The molecule has 0 atom stereocenters. The molecule has 3 rings (SSSR count). The largest absolute Gasteiger partial charge is 0.478 e. The van der Waals surface area contributed by atoms with Gasteiger partial charge in [-0.1, -0.05) is 58.8 Å². The maximum absolute atomic E-state index is 12.3. The van der Waals surface area contributed by atoms with Crippen molar-refractivity contribution >= 4 is 52.6 Å². The topological polar surface area (TPSA) is 101 Å². The Morgan fingerprint density at radius 3 is 2.66 bits per heavy atom. The predicted molar refractivity (Wildman–Crippen MR) is 113 cm³/mol. The molecule has 148 valence electrons. The predicted octanol–water partition coefficient (Wildman–Crippen LogP) is 3.73. The number of aromatic nitrogens is 1. The molecular formula is C19H13Cl2N3O4S. The molecule has 0 aliphatic carbocycles. The lowest BCUT2D eigenvalue weighted by molar-refractivity contribution is 0.0696. The minimum absolute atomic E-state index is 0.106. The van der Waals surface area contributed by atoms with Crippen molar-refractivity contribution in [3.63, 3.8) is 0 Å². The molecule has 1 amide bonds. The number of hydrazone groups is 1. The molecule has 2 N–H and O–H groups in total. The van der Waals surface area contributed by atoms with E-state index < -0.39 is 11.9 Å². The summed E-state index contributed by atoms with van der Waals surface area (Å²) < 4.78 is 1.30. The summed E-state index contributed by atoms with van der Waals surface area (Å²) in [6.45, 7) is 0.106. The summed E-state index contributed by atoms with van der Waals surface area (Å²) in [6, 6.07) is 12.7. The fraction of sp³-hybridized carbons (Fsp3) is 0.0526. The van der Waals surface area contributed by atoms with E-state index in [0.29, 0.717) is 10.4 Å². The van der Waals surface area contributed by atoms with Crippen LogP contribution in [0.1, 0.15) is 31.2 Å². The van der Waals surface area contributed by atoms with Crippen LogP contribution in [-0.2, 0) is 6.54 Å². The van der Waals surface area contributed by atoms with Gasteiger partial charge < -0.3 is 5.11 Å².